The van der Waals surface area contributed by atoms with Crippen molar-refractivity contribution in [2.24, 2.45) is 0 Å². The minimum absolute atomic E-state index is 0.0247. The van der Waals surface area contributed by atoms with Crippen molar-refractivity contribution in [3.8, 4) is 5.75 Å². The lowest BCUT2D eigenvalue weighted by Gasteiger charge is -2.33. The van der Waals surface area contributed by atoms with E-state index in [9.17, 15) is 14.0 Å². The number of halogens is 1. The Morgan fingerprint density at radius 2 is 1.88 bits per heavy atom. The fourth-order valence-corrected chi connectivity index (χ4v) is 2.79. The third-order valence-corrected chi connectivity index (χ3v) is 3.99. The number of rotatable bonds is 5. The highest BCUT2D eigenvalue weighted by atomic mass is 19.1. The van der Waals surface area contributed by atoms with Gasteiger partial charge >= 0.3 is 0 Å². The van der Waals surface area contributed by atoms with E-state index in [1.807, 2.05) is 30.3 Å². The lowest BCUT2D eigenvalue weighted by atomic mass is 10.0. The van der Waals surface area contributed by atoms with Gasteiger partial charge < -0.3 is 15.0 Å². The molecule has 1 atom stereocenters. The number of ether oxygens (including phenoxy) is 1. The van der Waals surface area contributed by atoms with E-state index >= 15 is 0 Å². The van der Waals surface area contributed by atoms with E-state index in [4.69, 9.17) is 4.74 Å². The van der Waals surface area contributed by atoms with Crippen LogP contribution in [0.5, 0.6) is 5.75 Å². The summed E-state index contributed by atoms with van der Waals surface area (Å²) >= 11 is 0. The van der Waals surface area contributed by atoms with Gasteiger partial charge in [0.15, 0.2) is 6.61 Å². The summed E-state index contributed by atoms with van der Waals surface area (Å²) in [6.07, 6.45) is 0.662. The number of hydrogen-bond donors (Lipinski definition) is 1. The van der Waals surface area contributed by atoms with Crippen LogP contribution in [-0.2, 0) is 16.0 Å². The van der Waals surface area contributed by atoms with Crippen LogP contribution in [-0.4, -0.2) is 42.5 Å². The number of carbonyl (C=O) groups is 2. The van der Waals surface area contributed by atoms with E-state index in [2.05, 4.69) is 5.32 Å². The highest BCUT2D eigenvalue weighted by Gasteiger charge is 2.28. The van der Waals surface area contributed by atoms with Crippen molar-refractivity contribution in [1.29, 1.82) is 0 Å². The Kier molecular flexibility index (Phi) is 5.28. The fourth-order valence-electron chi connectivity index (χ4n) is 2.79. The molecule has 2 aromatic rings. The summed E-state index contributed by atoms with van der Waals surface area (Å²) < 4.78 is 18.2. The van der Waals surface area contributed by atoms with E-state index in [-0.39, 0.29) is 36.8 Å². The molecule has 1 heterocycles. The third kappa shape index (κ3) is 4.79. The molecule has 1 saturated heterocycles. The SMILES string of the molecule is O=C1CN(C(=O)COc2ccc(F)cc2)C[C@H](Cc2ccccc2)N1. The molecule has 0 unspecified atom stereocenters. The number of amides is 2. The van der Waals surface area contributed by atoms with E-state index in [0.717, 1.165) is 5.56 Å². The molecule has 0 spiro atoms. The van der Waals surface area contributed by atoms with Gasteiger partial charge in [-0.2, -0.15) is 0 Å². The van der Waals surface area contributed by atoms with Crippen LogP contribution in [0.25, 0.3) is 0 Å². The van der Waals surface area contributed by atoms with Gasteiger partial charge in [0.25, 0.3) is 5.91 Å². The highest BCUT2D eigenvalue weighted by Crippen LogP contribution is 2.12. The summed E-state index contributed by atoms with van der Waals surface area (Å²) in [6, 6.07) is 15.1. The Balaban J connectivity index is 1.56. The average molecular weight is 342 g/mol. The van der Waals surface area contributed by atoms with Gasteiger partial charge in [-0.25, -0.2) is 4.39 Å². The topological polar surface area (TPSA) is 58.6 Å². The van der Waals surface area contributed by atoms with Crippen LogP contribution in [0.2, 0.25) is 0 Å². The van der Waals surface area contributed by atoms with Crippen molar-refractivity contribution < 1.29 is 18.7 Å². The van der Waals surface area contributed by atoms with Gasteiger partial charge in [0.1, 0.15) is 11.6 Å². The van der Waals surface area contributed by atoms with Crippen molar-refractivity contribution in [2.75, 3.05) is 19.7 Å². The Morgan fingerprint density at radius 1 is 1.16 bits per heavy atom. The van der Waals surface area contributed by atoms with Crippen LogP contribution in [0, 0.1) is 5.82 Å². The molecule has 0 aromatic heterocycles. The monoisotopic (exact) mass is 342 g/mol. The summed E-state index contributed by atoms with van der Waals surface area (Å²) in [5, 5.41) is 2.91. The predicted octanol–water partition coefficient (Wildman–Crippen LogP) is 1.77. The van der Waals surface area contributed by atoms with Crippen LogP contribution >= 0.6 is 0 Å². The second-order valence-corrected chi connectivity index (χ2v) is 5.97. The molecule has 0 aliphatic carbocycles. The molecule has 25 heavy (non-hydrogen) atoms. The van der Waals surface area contributed by atoms with Crippen molar-refractivity contribution in [1.82, 2.24) is 10.2 Å². The lowest BCUT2D eigenvalue weighted by molar-refractivity contribution is -0.141. The molecule has 130 valence electrons. The number of nitrogens with zero attached hydrogens (tertiary/aromatic N) is 1. The Morgan fingerprint density at radius 3 is 2.60 bits per heavy atom. The Labute approximate surface area is 145 Å². The molecule has 3 rings (SSSR count). The largest absolute Gasteiger partial charge is 0.484 e. The molecule has 1 aliphatic rings. The van der Waals surface area contributed by atoms with Crippen molar-refractivity contribution in [3.05, 3.63) is 66.0 Å². The molecule has 1 aliphatic heterocycles. The van der Waals surface area contributed by atoms with Crippen LogP contribution in [0.4, 0.5) is 4.39 Å². The van der Waals surface area contributed by atoms with Gasteiger partial charge in [0.05, 0.1) is 12.6 Å². The molecule has 0 saturated carbocycles. The summed E-state index contributed by atoms with van der Waals surface area (Å²) in [4.78, 5) is 25.7. The Bertz CT molecular complexity index is 734. The first kappa shape index (κ1) is 17.0. The van der Waals surface area contributed by atoms with E-state index in [0.29, 0.717) is 18.7 Å². The molecule has 5 nitrogen and oxygen atoms in total. The summed E-state index contributed by atoms with van der Waals surface area (Å²) in [5.41, 5.74) is 1.10. The summed E-state index contributed by atoms with van der Waals surface area (Å²) in [6.45, 7) is 0.278. The van der Waals surface area contributed by atoms with Crippen LogP contribution in [0.3, 0.4) is 0 Å². The first-order chi connectivity index (χ1) is 12.1. The minimum Gasteiger partial charge on any atom is -0.484 e. The molecule has 1 N–H and O–H groups in total. The second kappa shape index (κ2) is 7.79. The molecule has 2 amide bonds. The zero-order chi connectivity index (χ0) is 17.6. The van der Waals surface area contributed by atoms with Gasteiger partial charge in [-0.15, -0.1) is 0 Å². The normalized spacial score (nSPS) is 17.1. The van der Waals surface area contributed by atoms with Gasteiger partial charge in [-0.1, -0.05) is 30.3 Å². The van der Waals surface area contributed by atoms with Crippen LogP contribution in [0.15, 0.2) is 54.6 Å². The molecule has 1 fully saturated rings. The van der Waals surface area contributed by atoms with Crippen molar-refractivity contribution in [3.63, 3.8) is 0 Å². The van der Waals surface area contributed by atoms with Gasteiger partial charge in [0, 0.05) is 6.54 Å². The summed E-state index contributed by atoms with van der Waals surface area (Å²) in [7, 11) is 0. The van der Waals surface area contributed by atoms with E-state index in [1.54, 1.807) is 0 Å². The lowest BCUT2D eigenvalue weighted by Crippen LogP contribution is -2.57. The first-order valence-electron chi connectivity index (χ1n) is 8.09. The third-order valence-electron chi connectivity index (χ3n) is 3.99. The van der Waals surface area contributed by atoms with Crippen molar-refractivity contribution >= 4 is 11.8 Å². The zero-order valence-corrected chi connectivity index (χ0v) is 13.7. The van der Waals surface area contributed by atoms with E-state index in [1.165, 1.54) is 29.2 Å². The quantitative estimate of drug-likeness (QED) is 0.901. The minimum atomic E-state index is -0.366. The van der Waals surface area contributed by atoms with Crippen LogP contribution in [0.1, 0.15) is 5.56 Å². The fraction of sp³-hybridized carbons (Fsp3) is 0.263. The van der Waals surface area contributed by atoms with E-state index < -0.39 is 0 Å². The second-order valence-electron chi connectivity index (χ2n) is 5.97. The standard InChI is InChI=1S/C19H19FN2O3/c20-15-6-8-17(9-7-15)25-13-19(24)22-11-16(21-18(23)12-22)10-14-4-2-1-3-5-14/h1-9,16H,10-13H2,(H,21,23)/t16-/m0/s1. The molecule has 2 aromatic carbocycles. The predicted molar refractivity (Wildman–Crippen MR) is 90.6 cm³/mol. The zero-order valence-electron chi connectivity index (χ0n) is 13.7. The molecular formula is C19H19FN2O3. The number of hydrogen-bond acceptors (Lipinski definition) is 3. The Hall–Kier alpha value is -2.89. The van der Waals surface area contributed by atoms with Crippen molar-refractivity contribution in [2.45, 2.75) is 12.5 Å². The molecule has 6 heteroatoms. The smallest absolute Gasteiger partial charge is 0.261 e. The molecule has 0 bridgehead atoms. The van der Waals surface area contributed by atoms with Gasteiger partial charge in [-0.05, 0) is 36.2 Å². The number of piperazine rings is 1. The molecular weight excluding hydrogens is 323 g/mol. The summed E-state index contributed by atoms with van der Waals surface area (Å²) in [5.74, 6) is -0.397. The van der Waals surface area contributed by atoms with Crippen LogP contribution < -0.4 is 10.1 Å². The maximum Gasteiger partial charge on any atom is 0.261 e. The number of benzene rings is 2. The highest BCUT2D eigenvalue weighted by molar-refractivity contribution is 5.86. The molecule has 0 radical (unpaired) electrons. The maximum absolute atomic E-state index is 12.9. The first-order valence-corrected chi connectivity index (χ1v) is 8.09. The number of carbonyl (C=O) groups excluding carboxylic acids is 2. The van der Waals surface area contributed by atoms with Gasteiger partial charge in [-0.3, -0.25) is 9.59 Å². The van der Waals surface area contributed by atoms with Gasteiger partial charge in [0.2, 0.25) is 5.91 Å². The maximum atomic E-state index is 12.9. The number of nitrogens with one attached hydrogen (secondary N) is 1. The average Bonchev–Trinajstić information content (AvgIpc) is 2.61.